The lowest BCUT2D eigenvalue weighted by atomic mass is 10.00. The molecular weight excluding hydrogens is 408 g/mol. The van der Waals surface area contributed by atoms with E-state index in [1.807, 2.05) is 61.7 Å². The first-order chi connectivity index (χ1) is 15.1. The monoisotopic (exact) mass is 438 g/mol. The minimum atomic E-state index is 0.540. The molecule has 6 heteroatoms. The lowest BCUT2D eigenvalue weighted by Crippen LogP contribution is -2.05. The number of nitrogens with zero attached hydrogens (tertiary/aromatic N) is 3. The van der Waals surface area contributed by atoms with E-state index in [2.05, 4.69) is 29.3 Å². The molecule has 31 heavy (non-hydrogen) atoms. The molecule has 0 saturated heterocycles. The highest BCUT2D eigenvalue weighted by Crippen LogP contribution is 2.27. The van der Waals surface area contributed by atoms with Gasteiger partial charge in [-0.25, -0.2) is 4.68 Å². The number of benzene rings is 2. The predicted octanol–water partition coefficient (Wildman–Crippen LogP) is 7.28. The van der Waals surface area contributed by atoms with E-state index in [0.717, 1.165) is 29.2 Å². The number of halogens is 1. The van der Waals surface area contributed by atoms with Gasteiger partial charge in [0.05, 0.1) is 12.0 Å². The average Bonchev–Trinajstić information content (AvgIpc) is 3.24. The molecule has 0 amide bonds. The number of aromatic nitrogens is 2. The van der Waals surface area contributed by atoms with Crippen molar-refractivity contribution in [2.45, 2.75) is 46.5 Å². The molecule has 0 bridgehead atoms. The third-order valence-corrected chi connectivity index (χ3v) is 5.53. The Morgan fingerprint density at radius 1 is 1.16 bits per heavy atom. The van der Waals surface area contributed by atoms with Gasteiger partial charge in [-0.3, -0.25) is 4.99 Å². The first-order valence-electron chi connectivity index (χ1n) is 10.9. The Morgan fingerprint density at radius 2 is 1.97 bits per heavy atom. The third-order valence-electron chi connectivity index (χ3n) is 5.27. The van der Waals surface area contributed by atoms with Gasteiger partial charge in [-0.05, 0) is 67.3 Å². The van der Waals surface area contributed by atoms with Gasteiger partial charge in [-0.15, -0.1) is 5.10 Å². The highest BCUT2D eigenvalue weighted by Gasteiger charge is 2.07. The Kier molecular flexibility index (Phi) is 8.53. The first-order valence-corrected chi connectivity index (χ1v) is 11.3. The summed E-state index contributed by atoms with van der Waals surface area (Å²) in [6, 6.07) is 15.3. The molecule has 164 valence electrons. The number of hydrogen-bond acceptors (Lipinski definition) is 3. The highest BCUT2D eigenvalue weighted by atomic mass is 35.5. The van der Waals surface area contributed by atoms with Crippen molar-refractivity contribution in [2.24, 2.45) is 10.9 Å². The van der Waals surface area contributed by atoms with Gasteiger partial charge in [0.2, 0.25) is 5.88 Å². The fraction of sp³-hybridized carbons (Fsp3) is 0.360. The van der Waals surface area contributed by atoms with Crippen LogP contribution in [0.3, 0.4) is 0 Å². The molecule has 0 aliphatic heterocycles. The van der Waals surface area contributed by atoms with Crippen LogP contribution < -0.4 is 10.1 Å². The molecule has 0 saturated carbocycles. The standard InChI is InChI=1S/C25H31ClN4O/c1-4-6-7-20(5-2)17-27-18-28-22-10-13-24(19(3)16-22)31-25-14-15-30(29-25)23-11-8-21(26)9-12-23/h8-16,18,20H,4-7,17H2,1-3H3,(H,27,28). The van der Waals surface area contributed by atoms with Crippen molar-refractivity contribution in [3.8, 4) is 17.3 Å². The van der Waals surface area contributed by atoms with Crippen LogP contribution in [0.5, 0.6) is 11.6 Å². The van der Waals surface area contributed by atoms with Crippen molar-refractivity contribution in [3.05, 3.63) is 65.3 Å². The highest BCUT2D eigenvalue weighted by molar-refractivity contribution is 6.30. The zero-order valence-corrected chi connectivity index (χ0v) is 19.3. The van der Waals surface area contributed by atoms with Crippen LogP contribution in [0, 0.1) is 12.8 Å². The number of ether oxygens (including phenoxy) is 1. The van der Waals surface area contributed by atoms with Gasteiger partial charge < -0.3 is 10.1 Å². The average molecular weight is 439 g/mol. The van der Waals surface area contributed by atoms with Crippen molar-refractivity contribution in [2.75, 3.05) is 11.9 Å². The van der Waals surface area contributed by atoms with Gasteiger partial charge in [0.25, 0.3) is 0 Å². The summed E-state index contributed by atoms with van der Waals surface area (Å²) >= 11 is 5.95. The second-order valence-corrected chi connectivity index (χ2v) is 8.15. The fourth-order valence-corrected chi connectivity index (χ4v) is 3.43. The van der Waals surface area contributed by atoms with E-state index in [0.29, 0.717) is 16.8 Å². The lowest BCUT2D eigenvalue weighted by Gasteiger charge is -2.11. The van der Waals surface area contributed by atoms with Crippen LogP contribution in [-0.4, -0.2) is 22.7 Å². The molecule has 3 rings (SSSR count). The van der Waals surface area contributed by atoms with Crippen molar-refractivity contribution >= 4 is 23.6 Å². The van der Waals surface area contributed by atoms with Gasteiger partial charge >= 0.3 is 0 Å². The molecule has 1 unspecified atom stereocenters. The SMILES string of the molecule is CCCCC(CC)CN=CNc1ccc(Oc2ccn(-c3ccc(Cl)cc3)n2)c(C)c1. The van der Waals surface area contributed by atoms with E-state index in [1.165, 1.54) is 25.7 Å². The van der Waals surface area contributed by atoms with Crippen LogP contribution in [-0.2, 0) is 0 Å². The third kappa shape index (κ3) is 6.86. The number of rotatable bonds is 11. The Bertz CT molecular complexity index is 981. The van der Waals surface area contributed by atoms with E-state index in [1.54, 1.807) is 11.0 Å². The molecule has 0 aliphatic carbocycles. The first kappa shape index (κ1) is 22.9. The molecule has 1 N–H and O–H groups in total. The molecule has 1 aromatic heterocycles. The number of hydrogen-bond donors (Lipinski definition) is 1. The smallest absolute Gasteiger partial charge is 0.238 e. The van der Waals surface area contributed by atoms with Gasteiger partial charge in [-0.1, -0.05) is 44.7 Å². The number of aliphatic imine (C=N–C) groups is 1. The molecule has 5 nitrogen and oxygen atoms in total. The minimum absolute atomic E-state index is 0.540. The lowest BCUT2D eigenvalue weighted by molar-refractivity contribution is 0.454. The molecule has 2 aromatic carbocycles. The van der Waals surface area contributed by atoms with Gasteiger partial charge in [0.15, 0.2) is 0 Å². The van der Waals surface area contributed by atoms with Gasteiger partial charge in [0, 0.05) is 29.5 Å². The predicted molar refractivity (Wildman–Crippen MR) is 130 cm³/mol. The molecule has 0 aliphatic rings. The Hall–Kier alpha value is -2.79. The summed E-state index contributed by atoms with van der Waals surface area (Å²) in [5.41, 5.74) is 2.94. The van der Waals surface area contributed by atoms with Crippen LogP contribution in [0.1, 0.15) is 45.1 Å². The maximum absolute atomic E-state index is 5.98. The van der Waals surface area contributed by atoms with Crippen LogP contribution in [0.2, 0.25) is 5.02 Å². The largest absolute Gasteiger partial charge is 0.437 e. The summed E-state index contributed by atoms with van der Waals surface area (Å²) in [7, 11) is 0. The normalized spacial score (nSPS) is 12.3. The Morgan fingerprint density at radius 3 is 2.68 bits per heavy atom. The van der Waals surface area contributed by atoms with Crippen LogP contribution in [0.25, 0.3) is 5.69 Å². The number of nitrogens with one attached hydrogen (secondary N) is 1. The van der Waals surface area contributed by atoms with Gasteiger partial charge in [0.1, 0.15) is 5.75 Å². The Labute approximate surface area is 190 Å². The number of anilines is 1. The quantitative estimate of drug-likeness (QED) is 0.252. The van der Waals surface area contributed by atoms with Crippen LogP contribution in [0.4, 0.5) is 5.69 Å². The van der Waals surface area contributed by atoms with Crippen molar-refractivity contribution in [3.63, 3.8) is 0 Å². The molecule has 0 spiro atoms. The van der Waals surface area contributed by atoms with Crippen molar-refractivity contribution in [1.29, 1.82) is 0 Å². The Balaban J connectivity index is 1.56. The maximum atomic E-state index is 5.98. The molecule has 0 radical (unpaired) electrons. The van der Waals surface area contributed by atoms with E-state index in [4.69, 9.17) is 16.3 Å². The molecular formula is C25H31ClN4O. The van der Waals surface area contributed by atoms with Gasteiger partial charge in [-0.2, -0.15) is 0 Å². The van der Waals surface area contributed by atoms with Crippen molar-refractivity contribution in [1.82, 2.24) is 9.78 Å². The summed E-state index contributed by atoms with van der Waals surface area (Å²) in [5.74, 6) is 1.98. The summed E-state index contributed by atoms with van der Waals surface area (Å²) in [6.45, 7) is 7.37. The second-order valence-electron chi connectivity index (χ2n) is 7.71. The summed E-state index contributed by atoms with van der Waals surface area (Å²) in [4.78, 5) is 4.56. The van der Waals surface area contributed by atoms with Crippen LogP contribution in [0.15, 0.2) is 59.7 Å². The van der Waals surface area contributed by atoms with E-state index in [-0.39, 0.29) is 0 Å². The summed E-state index contributed by atoms with van der Waals surface area (Å²) < 4.78 is 7.74. The summed E-state index contributed by atoms with van der Waals surface area (Å²) in [5, 5.41) is 8.45. The van der Waals surface area contributed by atoms with Crippen LogP contribution >= 0.6 is 11.6 Å². The van der Waals surface area contributed by atoms with E-state index < -0.39 is 0 Å². The number of unbranched alkanes of at least 4 members (excludes halogenated alkanes) is 1. The molecule has 1 heterocycles. The van der Waals surface area contributed by atoms with Crippen molar-refractivity contribution < 1.29 is 4.74 Å². The topological polar surface area (TPSA) is 51.4 Å². The fourth-order valence-electron chi connectivity index (χ4n) is 3.30. The van der Waals surface area contributed by atoms with E-state index in [9.17, 15) is 0 Å². The molecule has 1 atom stereocenters. The zero-order chi connectivity index (χ0) is 22.1. The second kappa shape index (κ2) is 11.6. The molecule has 0 fully saturated rings. The number of aryl methyl sites for hydroxylation is 1. The minimum Gasteiger partial charge on any atom is -0.437 e. The zero-order valence-electron chi connectivity index (χ0n) is 18.5. The van der Waals surface area contributed by atoms with E-state index >= 15 is 0 Å². The summed E-state index contributed by atoms with van der Waals surface area (Å²) in [6.07, 6.45) is 8.62. The molecule has 3 aromatic rings. The maximum Gasteiger partial charge on any atom is 0.238 e.